The molecule has 38 heavy (non-hydrogen) atoms. The van der Waals surface area contributed by atoms with Gasteiger partial charge in [0, 0.05) is 23.6 Å². The Morgan fingerprint density at radius 2 is 1.13 bits per heavy atom. The van der Waals surface area contributed by atoms with Crippen LogP contribution in [0.5, 0.6) is 11.5 Å². The van der Waals surface area contributed by atoms with E-state index in [1.165, 1.54) is 11.1 Å². The van der Waals surface area contributed by atoms with Crippen LogP contribution in [-0.2, 0) is 13.2 Å². The minimum atomic E-state index is 0.183. The average Bonchev–Trinajstić information content (AvgIpc) is 2.94. The van der Waals surface area contributed by atoms with Crippen molar-refractivity contribution >= 4 is 0 Å². The van der Waals surface area contributed by atoms with Gasteiger partial charge in [0.05, 0.1) is 0 Å². The van der Waals surface area contributed by atoms with E-state index in [-0.39, 0.29) is 5.92 Å². The molecule has 0 aliphatic rings. The molecule has 0 amide bonds. The van der Waals surface area contributed by atoms with Gasteiger partial charge >= 0.3 is 0 Å². The highest BCUT2D eigenvalue weighted by atomic mass is 16.5. The molecule has 0 radical (unpaired) electrons. The Morgan fingerprint density at radius 3 is 1.68 bits per heavy atom. The maximum atomic E-state index is 6.48. The predicted molar refractivity (Wildman–Crippen MR) is 158 cm³/mol. The Bertz CT molecular complexity index is 1210. The lowest BCUT2D eigenvalue weighted by Gasteiger charge is -2.32. The van der Waals surface area contributed by atoms with Crippen LogP contribution in [-0.4, -0.2) is 23.5 Å². The van der Waals surface area contributed by atoms with Crippen LogP contribution in [0.2, 0.25) is 0 Å². The smallest absolute Gasteiger partial charge is 0.123 e. The van der Waals surface area contributed by atoms with Gasteiger partial charge in [0.1, 0.15) is 24.7 Å². The van der Waals surface area contributed by atoms with E-state index in [0.29, 0.717) is 25.3 Å². The lowest BCUT2D eigenvalue weighted by Crippen LogP contribution is -2.38. The van der Waals surface area contributed by atoms with Crippen LogP contribution in [0.3, 0.4) is 0 Å². The van der Waals surface area contributed by atoms with Gasteiger partial charge in [0.15, 0.2) is 0 Å². The fourth-order valence-electron chi connectivity index (χ4n) is 5.07. The van der Waals surface area contributed by atoms with Gasteiger partial charge in [-0.25, -0.2) is 0 Å². The van der Waals surface area contributed by atoms with E-state index in [4.69, 9.17) is 9.47 Å². The first-order chi connectivity index (χ1) is 18.5. The maximum Gasteiger partial charge on any atom is 0.123 e. The van der Waals surface area contributed by atoms with Crippen molar-refractivity contribution in [2.75, 3.05) is 6.54 Å². The molecule has 0 aliphatic carbocycles. The minimum absolute atomic E-state index is 0.183. The van der Waals surface area contributed by atoms with Gasteiger partial charge in [-0.15, -0.1) is 0 Å². The molecule has 0 bridgehead atoms. The second kappa shape index (κ2) is 13.8. The highest BCUT2D eigenvalue weighted by Crippen LogP contribution is 2.38. The Kier molecular flexibility index (Phi) is 10.0. The van der Waals surface area contributed by atoms with Gasteiger partial charge in [-0.2, -0.15) is 0 Å². The van der Waals surface area contributed by atoms with E-state index in [1.807, 2.05) is 30.3 Å². The summed E-state index contributed by atoms with van der Waals surface area (Å²) in [6.45, 7) is 11.2. The van der Waals surface area contributed by atoms with Crippen molar-refractivity contribution in [3.63, 3.8) is 0 Å². The SMILES string of the molecule is CC(C)N(CCC(c1ccccc1)c1cc(OCc2ccccc2)ccc1OCc1ccccc1)C(C)C. The topological polar surface area (TPSA) is 21.7 Å². The number of rotatable bonds is 13. The van der Waals surface area contributed by atoms with E-state index in [2.05, 4.69) is 111 Å². The first kappa shape index (κ1) is 27.5. The third kappa shape index (κ3) is 7.72. The van der Waals surface area contributed by atoms with Crippen molar-refractivity contribution in [3.8, 4) is 11.5 Å². The molecule has 1 atom stereocenters. The Morgan fingerprint density at radius 1 is 0.605 bits per heavy atom. The summed E-state index contributed by atoms with van der Waals surface area (Å²) >= 11 is 0. The second-order valence-corrected chi connectivity index (χ2v) is 10.4. The lowest BCUT2D eigenvalue weighted by molar-refractivity contribution is 0.170. The van der Waals surface area contributed by atoms with Gasteiger partial charge in [0.2, 0.25) is 0 Å². The van der Waals surface area contributed by atoms with Crippen LogP contribution in [0.1, 0.15) is 62.3 Å². The summed E-state index contributed by atoms with van der Waals surface area (Å²) in [4.78, 5) is 2.57. The molecule has 1 unspecified atom stereocenters. The average molecular weight is 508 g/mol. The van der Waals surface area contributed by atoms with E-state index >= 15 is 0 Å². The molecule has 0 aliphatic heterocycles. The monoisotopic (exact) mass is 507 g/mol. The van der Waals surface area contributed by atoms with Gasteiger partial charge < -0.3 is 9.47 Å². The number of benzene rings is 4. The fraction of sp³-hybridized carbons (Fsp3) is 0.314. The number of hydrogen-bond acceptors (Lipinski definition) is 3. The van der Waals surface area contributed by atoms with E-state index < -0.39 is 0 Å². The van der Waals surface area contributed by atoms with Crippen molar-refractivity contribution in [1.29, 1.82) is 0 Å². The van der Waals surface area contributed by atoms with Crippen LogP contribution in [0, 0.1) is 0 Å². The predicted octanol–water partition coefficient (Wildman–Crippen LogP) is 8.49. The number of nitrogens with zero attached hydrogens (tertiary/aromatic N) is 1. The zero-order chi connectivity index (χ0) is 26.7. The molecule has 3 heteroatoms. The Hall–Kier alpha value is -3.56. The first-order valence-corrected chi connectivity index (χ1v) is 13.8. The van der Waals surface area contributed by atoms with Crippen LogP contribution in [0.15, 0.2) is 109 Å². The van der Waals surface area contributed by atoms with Crippen molar-refractivity contribution in [1.82, 2.24) is 4.90 Å². The quantitative estimate of drug-likeness (QED) is 0.181. The fourth-order valence-corrected chi connectivity index (χ4v) is 5.07. The molecule has 0 saturated carbocycles. The second-order valence-electron chi connectivity index (χ2n) is 10.4. The van der Waals surface area contributed by atoms with Crippen molar-refractivity contribution in [3.05, 3.63) is 131 Å². The summed E-state index contributed by atoms with van der Waals surface area (Å²) in [7, 11) is 0. The molecule has 0 heterocycles. The Balaban J connectivity index is 1.67. The van der Waals surface area contributed by atoms with Gasteiger partial charge in [-0.05, 0) is 75.5 Å². The first-order valence-electron chi connectivity index (χ1n) is 13.8. The molecule has 4 aromatic rings. The van der Waals surface area contributed by atoms with Crippen LogP contribution >= 0.6 is 0 Å². The van der Waals surface area contributed by atoms with E-state index in [9.17, 15) is 0 Å². The molecular formula is C35H41NO2. The Labute approximate surface area is 229 Å². The molecule has 3 nitrogen and oxygen atoms in total. The van der Waals surface area contributed by atoms with Crippen molar-refractivity contribution in [2.24, 2.45) is 0 Å². The molecule has 0 saturated heterocycles. The van der Waals surface area contributed by atoms with Crippen molar-refractivity contribution in [2.45, 2.75) is 65.3 Å². The molecule has 4 aromatic carbocycles. The third-order valence-electron chi connectivity index (χ3n) is 7.05. The number of ether oxygens (including phenoxy) is 2. The summed E-state index contributed by atoms with van der Waals surface area (Å²) in [5.74, 6) is 1.96. The molecule has 0 aromatic heterocycles. The van der Waals surface area contributed by atoms with E-state index in [1.54, 1.807) is 0 Å². The van der Waals surface area contributed by atoms with Gasteiger partial charge in [0.25, 0.3) is 0 Å². The summed E-state index contributed by atoms with van der Waals surface area (Å²) in [5.41, 5.74) is 4.78. The van der Waals surface area contributed by atoms with Crippen molar-refractivity contribution < 1.29 is 9.47 Å². The summed E-state index contributed by atoms with van der Waals surface area (Å²) in [6.07, 6.45) is 0.990. The molecule has 198 valence electrons. The molecule has 0 fully saturated rings. The lowest BCUT2D eigenvalue weighted by atomic mass is 9.87. The molecule has 0 N–H and O–H groups in total. The standard InChI is InChI=1S/C35H41NO2/c1-27(2)36(28(3)4)23-22-33(31-18-12-7-13-19-31)34-24-32(37-25-29-14-8-5-9-15-29)20-21-35(34)38-26-30-16-10-6-11-17-30/h5-21,24,27-28,33H,22-23,25-26H2,1-4H3. The molecule has 4 rings (SSSR count). The third-order valence-corrected chi connectivity index (χ3v) is 7.05. The normalized spacial score (nSPS) is 12.2. The maximum absolute atomic E-state index is 6.48. The number of hydrogen-bond donors (Lipinski definition) is 0. The summed E-state index contributed by atoms with van der Waals surface area (Å²) in [5, 5.41) is 0. The summed E-state index contributed by atoms with van der Waals surface area (Å²) < 4.78 is 12.7. The zero-order valence-electron chi connectivity index (χ0n) is 23.2. The van der Waals surface area contributed by atoms with E-state index in [0.717, 1.165) is 35.6 Å². The summed E-state index contributed by atoms with van der Waals surface area (Å²) in [6, 6.07) is 38.8. The highest BCUT2D eigenvalue weighted by molar-refractivity contribution is 5.47. The van der Waals surface area contributed by atoms with Crippen LogP contribution < -0.4 is 9.47 Å². The highest BCUT2D eigenvalue weighted by Gasteiger charge is 2.23. The van der Waals surface area contributed by atoms with Gasteiger partial charge in [-0.3, -0.25) is 4.90 Å². The van der Waals surface area contributed by atoms with Crippen LogP contribution in [0.4, 0.5) is 0 Å². The van der Waals surface area contributed by atoms with Crippen LogP contribution in [0.25, 0.3) is 0 Å². The minimum Gasteiger partial charge on any atom is -0.489 e. The largest absolute Gasteiger partial charge is 0.489 e. The van der Waals surface area contributed by atoms with Gasteiger partial charge in [-0.1, -0.05) is 91.0 Å². The molecule has 0 spiro atoms. The molecular weight excluding hydrogens is 466 g/mol. The zero-order valence-corrected chi connectivity index (χ0v) is 23.2.